The van der Waals surface area contributed by atoms with Gasteiger partial charge in [0.1, 0.15) is 12.3 Å². The Morgan fingerprint density at radius 1 is 1.38 bits per heavy atom. The summed E-state index contributed by atoms with van der Waals surface area (Å²) in [7, 11) is 1.55. The summed E-state index contributed by atoms with van der Waals surface area (Å²) >= 11 is 0. The van der Waals surface area contributed by atoms with Crippen molar-refractivity contribution in [2.75, 3.05) is 26.7 Å². The van der Waals surface area contributed by atoms with E-state index in [9.17, 15) is 22.8 Å². The van der Waals surface area contributed by atoms with E-state index in [2.05, 4.69) is 5.32 Å². The zero-order valence-corrected chi connectivity index (χ0v) is 13.2. The van der Waals surface area contributed by atoms with Crippen molar-refractivity contribution < 1.29 is 27.5 Å². The highest BCUT2D eigenvalue weighted by Crippen LogP contribution is 2.24. The van der Waals surface area contributed by atoms with E-state index in [0.29, 0.717) is 23.6 Å². The van der Waals surface area contributed by atoms with Gasteiger partial charge in [-0.05, 0) is 18.1 Å². The summed E-state index contributed by atoms with van der Waals surface area (Å²) in [4.78, 5) is 24.3. The molecule has 1 saturated heterocycles. The molecule has 0 spiro atoms. The van der Waals surface area contributed by atoms with Crippen LogP contribution >= 0.6 is 0 Å². The van der Waals surface area contributed by atoms with Crippen LogP contribution in [0.25, 0.3) is 0 Å². The number of amides is 2. The summed E-state index contributed by atoms with van der Waals surface area (Å²) in [6.45, 7) is -1.18. The molecule has 2 amide bonds. The lowest BCUT2D eigenvalue weighted by molar-refractivity contribution is -0.157. The Morgan fingerprint density at radius 2 is 2.08 bits per heavy atom. The van der Waals surface area contributed by atoms with E-state index in [-0.39, 0.29) is 13.0 Å². The predicted molar refractivity (Wildman–Crippen MR) is 80.4 cm³/mol. The predicted octanol–water partition coefficient (Wildman–Crippen LogP) is 1.76. The van der Waals surface area contributed by atoms with Gasteiger partial charge in [0.15, 0.2) is 0 Å². The number of hydrogen-bond donors (Lipinski definition) is 1. The first kappa shape index (κ1) is 18.1. The molecule has 1 aromatic rings. The number of nitrogens with one attached hydrogen (secondary N) is 1. The molecule has 0 aromatic heterocycles. The van der Waals surface area contributed by atoms with Crippen LogP contribution in [0.1, 0.15) is 12.0 Å². The average Bonchev–Trinajstić information content (AvgIpc) is 2.87. The van der Waals surface area contributed by atoms with Crippen LogP contribution in [0.3, 0.4) is 0 Å². The molecule has 0 bridgehead atoms. The molecule has 1 unspecified atom stereocenters. The number of hydrogen-bond acceptors (Lipinski definition) is 3. The Balaban J connectivity index is 1.82. The van der Waals surface area contributed by atoms with E-state index in [1.165, 1.54) is 0 Å². The van der Waals surface area contributed by atoms with Crippen LogP contribution in [0, 0.1) is 5.92 Å². The van der Waals surface area contributed by atoms with Gasteiger partial charge >= 0.3 is 6.18 Å². The molecule has 1 heterocycles. The minimum atomic E-state index is -4.45. The normalized spacial score (nSPS) is 17.9. The van der Waals surface area contributed by atoms with Crippen LogP contribution in [0.5, 0.6) is 5.75 Å². The fourth-order valence-corrected chi connectivity index (χ4v) is 2.69. The Labute approximate surface area is 137 Å². The number of para-hydroxylation sites is 1. The van der Waals surface area contributed by atoms with Crippen LogP contribution in [0.4, 0.5) is 13.2 Å². The van der Waals surface area contributed by atoms with Gasteiger partial charge in [-0.2, -0.15) is 13.2 Å². The minimum absolute atomic E-state index is 0.184. The van der Waals surface area contributed by atoms with Crippen molar-refractivity contribution >= 4 is 11.8 Å². The maximum atomic E-state index is 12.4. The molecule has 5 nitrogen and oxygen atoms in total. The molecular weight excluding hydrogens is 325 g/mol. The fraction of sp³-hybridized carbons (Fsp3) is 0.500. The molecule has 0 saturated carbocycles. The van der Waals surface area contributed by atoms with E-state index < -0.39 is 30.5 Å². The molecule has 132 valence electrons. The molecule has 1 N–H and O–H groups in total. The number of nitrogens with zero attached hydrogens (tertiary/aromatic N) is 1. The van der Waals surface area contributed by atoms with Crippen LogP contribution in [-0.2, 0) is 16.0 Å². The second kappa shape index (κ2) is 7.55. The van der Waals surface area contributed by atoms with Gasteiger partial charge in [-0.15, -0.1) is 0 Å². The quantitative estimate of drug-likeness (QED) is 0.856. The minimum Gasteiger partial charge on any atom is -0.496 e. The van der Waals surface area contributed by atoms with E-state index in [1.807, 2.05) is 24.3 Å². The summed E-state index contributed by atoms with van der Waals surface area (Å²) in [5.74, 6) is -1.07. The average molecular weight is 344 g/mol. The SMILES string of the molecule is COc1ccccc1CCNC(=O)C1CC(=O)N(CC(F)(F)F)C1. The van der Waals surface area contributed by atoms with Gasteiger partial charge in [-0.3, -0.25) is 9.59 Å². The Bertz CT molecular complexity index is 604. The molecule has 1 aliphatic heterocycles. The maximum absolute atomic E-state index is 12.4. The maximum Gasteiger partial charge on any atom is 0.406 e. The Hall–Kier alpha value is -2.25. The molecule has 1 fully saturated rings. The second-order valence-electron chi connectivity index (χ2n) is 5.64. The number of ether oxygens (including phenoxy) is 1. The molecule has 1 atom stereocenters. The van der Waals surface area contributed by atoms with Gasteiger partial charge in [-0.1, -0.05) is 18.2 Å². The number of methoxy groups -OCH3 is 1. The summed E-state index contributed by atoms with van der Waals surface area (Å²) in [6, 6.07) is 7.36. The smallest absolute Gasteiger partial charge is 0.406 e. The van der Waals surface area contributed by atoms with E-state index in [1.54, 1.807) is 7.11 Å². The van der Waals surface area contributed by atoms with Crippen LogP contribution < -0.4 is 10.1 Å². The number of carbonyl (C=O) groups excluding carboxylic acids is 2. The van der Waals surface area contributed by atoms with Gasteiger partial charge in [0.2, 0.25) is 11.8 Å². The number of rotatable bonds is 6. The van der Waals surface area contributed by atoms with Crippen molar-refractivity contribution in [2.24, 2.45) is 5.92 Å². The molecule has 0 radical (unpaired) electrons. The summed E-state index contributed by atoms with van der Waals surface area (Å²) in [6.07, 6.45) is -4.11. The highest BCUT2D eigenvalue weighted by atomic mass is 19.4. The first-order valence-electron chi connectivity index (χ1n) is 7.54. The van der Waals surface area contributed by atoms with Crippen LogP contribution in [0.2, 0.25) is 0 Å². The van der Waals surface area contributed by atoms with Crippen LogP contribution in [-0.4, -0.2) is 49.6 Å². The number of benzene rings is 1. The number of halogens is 3. The number of likely N-dealkylation sites (tertiary alicyclic amines) is 1. The molecule has 1 aliphatic rings. The van der Waals surface area contributed by atoms with Gasteiger partial charge in [0.25, 0.3) is 0 Å². The summed E-state index contributed by atoms with van der Waals surface area (Å²) < 4.78 is 42.3. The second-order valence-corrected chi connectivity index (χ2v) is 5.64. The molecule has 24 heavy (non-hydrogen) atoms. The first-order chi connectivity index (χ1) is 11.3. The van der Waals surface area contributed by atoms with Crippen molar-refractivity contribution in [2.45, 2.75) is 19.0 Å². The highest BCUT2D eigenvalue weighted by Gasteiger charge is 2.40. The van der Waals surface area contributed by atoms with E-state index in [4.69, 9.17) is 4.74 Å². The number of carbonyl (C=O) groups is 2. The third kappa shape index (κ3) is 4.87. The van der Waals surface area contributed by atoms with Gasteiger partial charge in [-0.25, -0.2) is 0 Å². The standard InChI is InChI=1S/C16H19F3N2O3/c1-24-13-5-3-2-4-11(13)6-7-20-15(23)12-8-14(22)21(9-12)10-16(17,18)19/h2-5,12H,6-10H2,1H3,(H,20,23). The lowest BCUT2D eigenvalue weighted by atomic mass is 10.1. The van der Waals surface area contributed by atoms with E-state index in [0.717, 1.165) is 5.56 Å². The third-order valence-electron chi connectivity index (χ3n) is 3.84. The van der Waals surface area contributed by atoms with Crippen molar-refractivity contribution in [3.05, 3.63) is 29.8 Å². The molecule has 8 heteroatoms. The zero-order valence-electron chi connectivity index (χ0n) is 13.2. The lowest BCUT2D eigenvalue weighted by Crippen LogP contribution is -2.37. The van der Waals surface area contributed by atoms with Gasteiger partial charge < -0.3 is 15.0 Å². The Morgan fingerprint density at radius 3 is 2.75 bits per heavy atom. The fourth-order valence-electron chi connectivity index (χ4n) is 2.69. The highest BCUT2D eigenvalue weighted by molar-refractivity contribution is 5.89. The van der Waals surface area contributed by atoms with Crippen LogP contribution in [0.15, 0.2) is 24.3 Å². The molecule has 1 aromatic carbocycles. The number of alkyl halides is 3. The Kier molecular flexibility index (Phi) is 5.69. The summed E-state index contributed by atoms with van der Waals surface area (Å²) in [5, 5.41) is 2.67. The molecule has 0 aliphatic carbocycles. The van der Waals surface area contributed by atoms with Gasteiger partial charge in [0, 0.05) is 19.5 Å². The van der Waals surface area contributed by atoms with Crippen molar-refractivity contribution in [3.8, 4) is 5.75 Å². The topological polar surface area (TPSA) is 58.6 Å². The van der Waals surface area contributed by atoms with Crippen molar-refractivity contribution in [3.63, 3.8) is 0 Å². The molecular formula is C16H19F3N2O3. The molecule has 2 rings (SSSR count). The van der Waals surface area contributed by atoms with Crippen molar-refractivity contribution in [1.29, 1.82) is 0 Å². The first-order valence-corrected chi connectivity index (χ1v) is 7.54. The van der Waals surface area contributed by atoms with Crippen molar-refractivity contribution in [1.82, 2.24) is 10.2 Å². The monoisotopic (exact) mass is 344 g/mol. The van der Waals surface area contributed by atoms with Gasteiger partial charge in [0.05, 0.1) is 13.0 Å². The summed E-state index contributed by atoms with van der Waals surface area (Å²) in [5.41, 5.74) is 0.918. The third-order valence-corrected chi connectivity index (χ3v) is 3.84. The largest absolute Gasteiger partial charge is 0.496 e. The van der Waals surface area contributed by atoms with E-state index >= 15 is 0 Å². The zero-order chi connectivity index (χ0) is 17.7. The lowest BCUT2D eigenvalue weighted by Gasteiger charge is -2.18.